The van der Waals surface area contributed by atoms with E-state index in [1.807, 2.05) is 31.2 Å². The third-order valence-corrected chi connectivity index (χ3v) is 4.09. The number of carbonyl (C=O) groups is 1. The Kier molecular flexibility index (Phi) is 5.52. The van der Waals surface area contributed by atoms with Crippen LogP contribution in [0.15, 0.2) is 40.8 Å². The maximum atomic E-state index is 11.7. The largest absolute Gasteiger partial charge is 0.462 e. The molecule has 0 radical (unpaired) electrons. The molecule has 3 rings (SSSR count). The Morgan fingerprint density at radius 2 is 2.04 bits per heavy atom. The maximum absolute atomic E-state index is 11.7. The van der Waals surface area contributed by atoms with E-state index in [0.29, 0.717) is 23.5 Å². The molecule has 3 aromatic rings. The lowest BCUT2D eigenvalue weighted by Gasteiger charge is -2.07. The SMILES string of the molecule is CCOC(=O)c1ccc(-c2ccc(CNn3c(CC)n[nH]c3=S)o2)cc1. The second kappa shape index (κ2) is 8.01. The second-order valence-electron chi connectivity index (χ2n) is 5.53. The van der Waals surface area contributed by atoms with Crippen LogP contribution in [0.4, 0.5) is 0 Å². The van der Waals surface area contributed by atoms with Crippen LogP contribution < -0.4 is 5.43 Å². The van der Waals surface area contributed by atoms with E-state index in [4.69, 9.17) is 21.4 Å². The molecule has 0 fully saturated rings. The fourth-order valence-corrected chi connectivity index (χ4v) is 2.72. The van der Waals surface area contributed by atoms with Gasteiger partial charge in [0.25, 0.3) is 0 Å². The highest BCUT2D eigenvalue weighted by atomic mass is 32.1. The molecule has 0 bridgehead atoms. The highest BCUT2D eigenvalue weighted by molar-refractivity contribution is 7.71. The summed E-state index contributed by atoms with van der Waals surface area (Å²) in [5.41, 5.74) is 4.60. The quantitative estimate of drug-likeness (QED) is 0.486. The number of aromatic amines is 1. The number of nitrogens with zero attached hydrogens (tertiary/aromatic N) is 2. The van der Waals surface area contributed by atoms with Gasteiger partial charge in [0.15, 0.2) is 5.82 Å². The monoisotopic (exact) mass is 372 g/mol. The molecule has 136 valence electrons. The van der Waals surface area contributed by atoms with Gasteiger partial charge >= 0.3 is 5.97 Å². The molecule has 0 aliphatic rings. The summed E-state index contributed by atoms with van der Waals surface area (Å²) in [6.07, 6.45) is 0.760. The predicted molar refractivity (Wildman–Crippen MR) is 100.0 cm³/mol. The van der Waals surface area contributed by atoms with E-state index < -0.39 is 0 Å². The fourth-order valence-electron chi connectivity index (χ4n) is 2.50. The van der Waals surface area contributed by atoms with Crippen LogP contribution in [0.1, 0.15) is 35.8 Å². The molecule has 2 N–H and O–H groups in total. The summed E-state index contributed by atoms with van der Waals surface area (Å²) < 4.78 is 13.1. The fraction of sp³-hybridized carbons (Fsp3) is 0.278. The number of esters is 1. The summed E-state index contributed by atoms with van der Waals surface area (Å²) in [7, 11) is 0. The Morgan fingerprint density at radius 1 is 1.27 bits per heavy atom. The number of nitrogens with one attached hydrogen (secondary N) is 2. The van der Waals surface area contributed by atoms with Crippen LogP contribution in [0.2, 0.25) is 0 Å². The molecule has 7 nitrogen and oxygen atoms in total. The highest BCUT2D eigenvalue weighted by Crippen LogP contribution is 2.23. The minimum absolute atomic E-state index is 0.327. The van der Waals surface area contributed by atoms with Gasteiger partial charge in [-0.3, -0.25) is 5.10 Å². The normalized spacial score (nSPS) is 10.7. The van der Waals surface area contributed by atoms with Gasteiger partial charge in [-0.15, -0.1) is 0 Å². The number of hydrogen-bond acceptors (Lipinski definition) is 6. The van der Waals surface area contributed by atoms with Gasteiger partial charge in [0.05, 0.1) is 18.7 Å². The maximum Gasteiger partial charge on any atom is 0.338 e. The third-order valence-electron chi connectivity index (χ3n) is 3.81. The molecule has 0 saturated carbocycles. The predicted octanol–water partition coefficient (Wildman–Crippen LogP) is 3.68. The first-order chi connectivity index (χ1) is 12.6. The van der Waals surface area contributed by atoms with Gasteiger partial charge in [-0.05, 0) is 43.4 Å². The molecular formula is C18H20N4O3S. The molecule has 2 aromatic heterocycles. The van der Waals surface area contributed by atoms with E-state index in [-0.39, 0.29) is 5.97 Å². The van der Waals surface area contributed by atoms with E-state index in [2.05, 4.69) is 15.6 Å². The molecule has 0 aliphatic carbocycles. The molecule has 0 aliphatic heterocycles. The number of aryl methyl sites for hydroxylation is 1. The number of carbonyl (C=O) groups excluding carboxylic acids is 1. The van der Waals surface area contributed by atoms with Crippen molar-refractivity contribution in [3.63, 3.8) is 0 Å². The zero-order chi connectivity index (χ0) is 18.5. The van der Waals surface area contributed by atoms with Gasteiger partial charge in [-0.1, -0.05) is 19.1 Å². The van der Waals surface area contributed by atoms with Crippen LogP contribution in [-0.4, -0.2) is 27.4 Å². The number of hydrogen-bond donors (Lipinski definition) is 2. The number of aromatic nitrogens is 3. The van der Waals surface area contributed by atoms with Crippen LogP contribution in [0.5, 0.6) is 0 Å². The third kappa shape index (κ3) is 3.85. The zero-order valence-electron chi connectivity index (χ0n) is 14.6. The van der Waals surface area contributed by atoms with Crippen molar-refractivity contribution in [3.8, 4) is 11.3 Å². The van der Waals surface area contributed by atoms with Gasteiger partial charge in [-0.2, -0.15) is 5.10 Å². The molecule has 8 heteroatoms. The molecular weight excluding hydrogens is 352 g/mol. The van der Waals surface area contributed by atoms with Crippen molar-refractivity contribution in [3.05, 3.63) is 58.3 Å². The first-order valence-corrected chi connectivity index (χ1v) is 8.79. The summed E-state index contributed by atoms with van der Waals surface area (Å²) in [4.78, 5) is 11.7. The van der Waals surface area contributed by atoms with Crippen molar-refractivity contribution in [2.24, 2.45) is 0 Å². The molecule has 0 spiro atoms. The van der Waals surface area contributed by atoms with Crippen molar-refractivity contribution in [2.75, 3.05) is 12.0 Å². The average Bonchev–Trinajstić information content (AvgIpc) is 3.27. The summed E-state index contributed by atoms with van der Waals surface area (Å²) in [5.74, 6) is 1.99. The molecule has 0 unspecified atom stereocenters. The van der Waals surface area contributed by atoms with Gasteiger partial charge < -0.3 is 14.6 Å². The molecule has 0 saturated heterocycles. The van der Waals surface area contributed by atoms with Gasteiger partial charge in [0.2, 0.25) is 4.77 Å². The Bertz CT molecular complexity index is 940. The van der Waals surface area contributed by atoms with Crippen LogP contribution in [-0.2, 0) is 17.7 Å². The van der Waals surface area contributed by atoms with E-state index >= 15 is 0 Å². The molecule has 0 amide bonds. The van der Waals surface area contributed by atoms with Crippen LogP contribution in [0, 0.1) is 4.77 Å². The lowest BCUT2D eigenvalue weighted by atomic mass is 10.1. The summed E-state index contributed by atoms with van der Waals surface area (Å²) in [6, 6.07) is 10.9. The summed E-state index contributed by atoms with van der Waals surface area (Å²) in [6.45, 7) is 4.62. The first kappa shape index (κ1) is 17.9. The summed E-state index contributed by atoms with van der Waals surface area (Å²) >= 11 is 5.20. The van der Waals surface area contributed by atoms with Crippen molar-refractivity contribution < 1.29 is 13.9 Å². The number of benzene rings is 1. The lowest BCUT2D eigenvalue weighted by molar-refractivity contribution is 0.0526. The van der Waals surface area contributed by atoms with Crippen LogP contribution in [0.25, 0.3) is 11.3 Å². The van der Waals surface area contributed by atoms with Gasteiger partial charge in [0.1, 0.15) is 11.5 Å². The number of H-pyrrole nitrogens is 1. The molecule has 26 heavy (non-hydrogen) atoms. The van der Waals surface area contributed by atoms with Gasteiger partial charge in [-0.25, -0.2) is 9.47 Å². The van der Waals surface area contributed by atoms with E-state index in [1.165, 1.54) is 0 Å². The number of rotatable bonds is 7. The van der Waals surface area contributed by atoms with E-state index in [1.54, 1.807) is 23.7 Å². The highest BCUT2D eigenvalue weighted by Gasteiger charge is 2.09. The number of ether oxygens (including phenoxy) is 1. The van der Waals surface area contributed by atoms with Crippen molar-refractivity contribution >= 4 is 18.2 Å². The Morgan fingerprint density at radius 3 is 2.73 bits per heavy atom. The van der Waals surface area contributed by atoms with Crippen LogP contribution in [0.3, 0.4) is 0 Å². The number of furan rings is 1. The van der Waals surface area contributed by atoms with Crippen molar-refractivity contribution in [1.29, 1.82) is 0 Å². The first-order valence-electron chi connectivity index (χ1n) is 8.38. The minimum atomic E-state index is -0.327. The second-order valence-corrected chi connectivity index (χ2v) is 5.92. The molecule has 2 heterocycles. The smallest absolute Gasteiger partial charge is 0.338 e. The summed E-state index contributed by atoms with van der Waals surface area (Å²) in [5, 5.41) is 6.91. The Balaban J connectivity index is 1.69. The molecule has 1 aromatic carbocycles. The topological polar surface area (TPSA) is 85.1 Å². The van der Waals surface area contributed by atoms with E-state index in [0.717, 1.165) is 29.3 Å². The van der Waals surface area contributed by atoms with E-state index in [9.17, 15) is 4.79 Å². The van der Waals surface area contributed by atoms with Crippen LogP contribution >= 0.6 is 12.2 Å². The average molecular weight is 372 g/mol. The standard InChI is InChI=1S/C18H20N4O3S/c1-3-16-20-21-18(26)22(16)19-11-14-9-10-15(25-14)12-5-7-13(8-6-12)17(23)24-4-2/h5-10,19H,3-4,11H2,1-2H3,(H,21,26). The Hall–Kier alpha value is -2.87. The van der Waals surface area contributed by atoms with Crippen molar-refractivity contribution in [2.45, 2.75) is 26.8 Å². The molecule has 0 atom stereocenters. The van der Waals surface area contributed by atoms with Crippen molar-refractivity contribution in [1.82, 2.24) is 14.9 Å². The zero-order valence-corrected chi connectivity index (χ0v) is 15.4. The minimum Gasteiger partial charge on any atom is -0.462 e. The van der Waals surface area contributed by atoms with Gasteiger partial charge in [0, 0.05) is 12.0 Å². The Labute approximate surface area is 156 Å². The lowest BCUT2D eigenvalue weighted by Crippen LogP contribution is -2.16.